The molecule has 352 valence electrons. The van der Waals surface area contributed by atoms with Crippen LogP contribution in [0.3, 0.4) is 0 Å². The van der Waals surface area contributed by atoms with Crippen molar-refractivity contribution in [1.82, 2.24) is 9.13 Å². The molecule has 0 unspecified atom stereocenters. The third-order valence-electron chi connectivity index (χ3n) is 10.8. The summed E-state index contributed by atoms with van der Waals surface area (Å²) in [4.78, 5) is 35.5. The summed E-state index contributed by atoms with van der Waals surface area (Å²) in [5.74, 6) is -1.02. The number of carboxylic acid groups (broad SMARTS) is 1. The van der Waals surface area contributed by atoms with Gasteiger partial charge in [-0.25, -0.2) is 9.59 Å². The zero-order chi connectivity index (χ0) is 49.4. The zero-order valence-electron chi connectivity index (χ0n) is 37.6. The number of methoxy groups -OCH3 is 1. The maximum atomic E-state index is 13.7. The summed E-state index contributed by atoms with van der Waals surface area (Å²) in [7, 11) is 1.13. The Morgan fingerprint density at radius 3 is 1.59 bits per heavy atom. The van der Waals surface area contributed by atoms with Crippen molar-refractivity contribution < 1.29 is 46.9 Å². The van der Waals surface area contributed by atoms with Crippen LogP contribution in [0, 0.1) is 13.8 Å². The molecule has 15 heteroatoms. The van der Waals surface area contributed by atoms with Gasteiger partial charge < -0.3 is 33.8 Å². The standard InChI is InChI=1S/C27H21BrF3NO3.C27H23BrN2O4/c1-17-8-10-24(23-15-21(28)9-11-25(23)35-16-18-6-4-3-5-7-18)32(17)22-13-19(26(33)34-2)12-20(14-22)27(29,30)31;1-17-8-12-25(30(17)21-10-11-24(29-18(2)31)22(15-21)27(32)33)23-14-20(28)9-13-26(23)34-16-19-6-4-3-5-7-19/h3-15H,16H2,1-2H3;3-15H,16H2,1-2H3,(H,29,31)(H,32,33). The normalized spacial score (nSPS) is 11.0. The number of halogens is 5. The van der Waals surface area contributed by atoms with Gasteiger partial charge in [-0.05, 0) is 122 Å². The second kappa shape index (κ2) is 21.7. The number of carboxylic acids is 1. The number of amides is 1. The van der Waals surface area contributed by atoms with Gasteiger partial charge in [0, 0.05) is 49.8 Å². The van der Waals surface area contributed by atoms with E-state index >= 15 is 0 Å². The lowest BCUT2D eigenvalue weighted by Crippen LogP contribution is -2.12. The highest BCUT2D eigenvalue weighted by molar-refractivity contribution is 9.10. The van der Waals surface area contributed by atoms with E-state index in [1.165, 1.54) is 13.0 Å². The molecule has 69 heavy (non-hydrogen) atoms. The number of benzene rings is 6. The molecule has 0 fully saturated rings. The van der Waals surface area contributed by atoms with Crippen molar-refractivity contribution in [3.8, 4) is 45.4 Å². The Morgan fingerprint density at radius 1 is 0.623 bits per heavy atom. The van der Waals surface area contributed by atoms with E-state index in [-0.39, 0.29) is 28.4 Å². The van der Waals surface area contributed by atoms with Gasteiger partial charge in [-0.15, -0.1) is 0 Å². The van der Waals surface area contributed by atoms with Crippen LogP contribution in [0.25, 0.3) is 33.9 Å². The fourth-order valence-corrected chi connectivity index (χ4v) is 8.32. The highest BCUT2D eigenvalue weighted by Gasteiger charge is 2.33. The predicted molar refractivity (Wildman–Crippen MR) is 266 cm³/mol. The predicted octanol–water partition coefficient (Wildman–Crippen LogP) is 14.1. The number of aryl methyl sites for hydroxylation is 2. The monoisotopic (exact) mass is 1060 g/mol. The molecule has 0 radical (unpaired) electrons. The van der Waals surface area contributed by atoms with E-state index in [0.29, 0.717) is 47.4 Å². The van der Waals surface area contributed by atoms with E-state index in [1.807, 2.05) is 121 Å². The minimum absolute atomic E-state index is 0.0153. The van der Waals surface area contributed by atoms with Crippen LogP contribution < -0.4 is 14.8 Å². The molecule has 2 aromatic heterocycles. The topological polar surface area (TPSA) is 121 Å². The van der Waals surface area contributed by atoms with Crippen molar-refractivity contribution >= 4 is 55.4 Å². The van der Waals surface area contributed by atoms with Gasteiger partial charge >= 0.3 is 18.1 Å². The number of esters is 1. The summed E-state index contributed by atoms with van der Waals surface area (Å²) in [6.45, 7) is 5.82. The molecule has 0 aliphatic heterocycles. The number of nitrogens with one attached hydrogen (secondary N) is 1. The van der Waals surface area contributed by atoms with E-state index in [9.17, 15) is 32.7 Å². The summed E-state index contributed by atoms with van der Waals surface area (Å²) in [5.41, 5.74) is 6.65. The van der Waals surface area contributed by atoms with Crippen LogP contribution in [0.5, 0.6) is 11.5 Å². The maximum absolute atomic E-state index is 13.7. The maximum Gasteiger partial charge on any atom is 0.416 e. The molecule has 8 aromatic rings. The molecular weight excluding hydrogens is 1020 g/mol. The zero-order valence-corrected chi connectivity index (χ0v) is 40.8. The average molecular weight is 1060 g/mol. The van der Waals surface area contributed by atoms with Crippen molar-refractivity contribution in [3.05, 3.63) is 206 Å². The van der Waals surface area contributed by atoms with Crippen LogP contribution in [-0.4, -0.2) is 39.2 Å². The van der Waals surface area contributed by atoms with E-state index in [1.54, 1.807) is 41.8 Å². The highest BCUT2D eigenvalue weighted by Crippen LogP contribution is 2.39. The number of hydrogen-bond donors (Lipinski definition) is 2. The van der Waals surface area contributed by atoms with Gasteiger partial charge in [0.15, 0.2) is 0 Å². The van der Waals surface area contributed by atoms with Crippen molar-refractivity contribution in [2.45, 2.75) is 40.2 Å². The highest BCUT2D eigenvalue weighted by atomic mass is 79.9. The Balaban J connectivity index is 0.000000204. The number of aromatic carboxylic acids is 1. The fourth-order valence-electron chi connectivity index (χ4n) is 7.60. The van der Waals surface area contributed by atoms with Crippen molar-refractivity contribution in [2.75, 3.05) is 12.4 Å². The third-order valence-corrected chi connectivity index (χ3v) is 11.8. The van der Waals surface area contributed by atoms with Gasteiger partial charge in [0.2, 0.25) is 5.91 Å². The van der Waals surface area contributed by atoms with E-state index in [0.717, 1.165) is 56.3 Å². The van der Waals surface area contributed by atoms with E-state index in [4.69, 9.17) is 9.47 Å². The number of carbonyl (C=O) groups is 3. The van der Waals surface area contributed by atoms with Crippen molar-refractivity contribution in [1.29, 1.82) is 0 Å². The molecule has 0 spiro atoms. The quantitative estimate of drug-likeness (QED) is 0.110. The van der Waals surface area contributed by atoms with Gasteiger partial charge in [-0.1, -0.05) is 92.5 Å². The molecule has 0 aliphatic carbocycles. The molecule has 10 nitrogen and oxygen atoms in total. The molecular formula is C54H44Br2F3N3O7. The first-order chi connectivity index (χ1) is 33.0. The van der Waals surface area contributed by atoms with Crippen molar-refractivity contribution in [2.24, 2.45) is 0 Å². The molecule has 2 heterocycles. The lowest BCUT2D eigenvalue weighted by Gasteiger charge is -2.18. The molecule has 6 aromatic carbocycles. The first kappa shape index (κ1) is 49.5. The Hall–Kier alpha value is -7.36. The largest absolute Gasteiger partial charge is 0.488 e. The molecule has 0 saturated carbocycles. The van der Waals surface area contributed by atoms with E-state index in [2.05, 4.69) is 41.9 Å². The molecule has 0 bridgehead atoms. The minimum Gasteiger partial charge on any atom is -0.488 e. The van der Waals surface area contributed by atoms with Gasteiger partial charge in [0.05, 0.1) is 40.9 Å². The summed E-state index contributed by atoms with van der Waals surface area (Å²) >= 11 is 7.04. The van der Waals surface area contributed by atoms with Crippen LogP contribution >= 0.6 is 31.9 Å². The molecule has 1 amide bonds. The molecule has 0 saturated heterocycles. The van der Waals surface area contributed by atoms with Gasteiger partial charge in [0.25, 0.3) is 0 Å². The molecule has 2 N–H and O–H groups in total. The number of aromatic nitrogens is 2. The second-order valence-electron chi connectivity index (χ2n) is 15.7. The molecule has 0 atom stereocenters. The third kappa shape index (κ3) is 12.0. The SMILES string of the molecule is CC(=O)Nc1ccc(-n2c(C)ccc2-c2cc(Br)ccc2OCc2ccccc2)cc1C(=O)O.COC(=O)c1cc(-n2c(C)ccc2-c2cc(Br)ccc2OCc2ccccc2)cc(C(F)(F)F)c1. The van der Waals surface area contributed by atoms with Crippen LogP contribution in [0.15, 0.2) is 167 Å². The Bertz CT molecular complexity index is 3150. The lowest BCUT2D eigenvalue weighted by molar-refractivity contribution is -0.137. The fraction of sp³-hybridized carbons (Fsp3) is 0.130. The minimum atomic E-state index is -4.64. The van der Waals surface area contributed by atoms with Crippen LogP contribution in [0.2, 0.25) is 0 Å². The lowest BCUT2D eigenvalue weighted by atomic mass is 10.1. The number of alkyl halides is 3. The van der Waals surface area contributed by atoms with Crippen LogP contribution in [-0.2, 0) is 28.9 Å². The summed E-state index contributed by atoms with van der Waals surface area (Å²) in [6.07, 6.45) is -4.64. The average Bonchev–Trinajstić information content (AvgIpc) is 3.92. The van der Waals surface area contributed by atoms with E-state index < -0.39 is 23.7 Å². The van der Waals surface area contributed by atoms with Crippen LogP contribution in [0.1, 0.15) is 55.7 Å². The summed E-state index contributed by atoms with van der Waals surface area (Å²) in [5, 5.41) is 12.3. The number of nitrogens with zero attached hydrogens (tertiary/aromatic N) is 2. The Labute approximate surface area is 413 Å². The van der Waals surface area contributed by atoms with Crippen molar-refractivity contribution in [3.63, 3.8) is 0 Å². The summed E-state index contributed by atoms with van der Waals surface area (Å²) < 4.78 is 63.3. The molecule has 8 rings (SSSR count). The van der Waals surface area contributed by atoms with Gasteiger partial charge in [0.1, 0.15) is 24.7 Å². The number of hydrogen-bond acceptors (Lipinski definition) is 6. The number of rotatable bonds is 13. The number of anilines is 1. The van der Waals surface area contributed by atoms with Crippen LogP contribution in [0.4, 0.5) is 18.9 Å². The van der Waals surface area contributed by atoms with Gasteiger partial charge in [-0.2, -0.15) is 13.2 Å². The van der Waals surface area contributed by atoms with Gasteiger partial charge in [-0.3, -0.25) is 4.79 Å². The Morgan fingerprint density at radius 2 is 1.13 bits per heavy atom. The number of carbonyl (C=O) groups excluding carboxylic acids is 2. The first-order valence-corrected chi connectivity index (χ1v) is 22.9. The molecule has 0 aliphatic rings. The second-order valence-corrected chi connectivity index (χ2v) is 17.5. The summed E-state index contributed by atoms with van der Waals surface area (Å²) in [6, 6.07) is 46.6. The Kier molecular flexibility index (Phi) is 15.6. The smallest absolute Gasteiger partial charge is 0.416 e. The number of ether oxygens (including phenoxy) is 3. The first-order valence-electron chi connectivity index (χ1n) is 21.3.